The maximum absolute atomic E-state index is 5.74. The molecule has 8 heteroatoms. The lowest BCUT2D eigenvalue weighted by atomic mass is 10.3. The second kappa shape index (κ2) is 6.05. The molecule has 0 amide bonds. The summed E-state index contributed by atoms with van der Waals surface area (Å²) in [7, 11) is 0. The minimum absolute atomic E-state index is 0.308. The molecular weight excluding hydrogens is 378 g/mol. The van der Waals surface area contributed by atoms with Gasteiger partial charge < -0.3 is 4.74 Å². The molecule has 1 aromatic carbocycles. The number of halogens is 1. The van der Waals surface area contributed by atoms with Crippen LogP contribution in [0.25, 0.3) is 15.5 Å². The van der Waals surface area contributed by atoms with Crippen LogP contribution in [0.1, 0.15) is 5.82 Å². The zero-order valence-electron chi connectivity index (χ0n) is 11.8. The van der Waals surface area contributed by atoms with Gasteiger partial charge in [0, 0.05) is 22.4 Å². The Kier molecular flexibility index (Phi) is 3.76. The Labute approximate surface area is 143 Å². The van der Waals surface area contributed by atoms with Crippen LogP contribution in [0.2, 0.25) is 0 Å². The lowest BCUT2D eigenvalue weighted by Gasteiger charge is -2.03. The van der Waals surface area contributed by atoms with E-state index in [4.69, 9.17) is 4.74 Å². The summed E-state index contributed by atoms with van der Waals surface area (Å²) >= 11 is 4.88. The summed E-state index contributed by atoms with van der Waals surface area (Å²) in [6, 6.07) is 11.5. The van der Waals surface area contributed by atoms with Gasteiger partial charge in [0.25, 0.3) is 0 Å². The Hall–Kier alpha value is -2.32. The minimum Gasteiger partial charge on any atom is -0.486 e. The highest BCUT2D eigenvalue weighted by Crippen LogP contribution is 2.25. The van der Waals surface area contributed by atoms with Crippen molar-refractivity contribution in [3.63, 3.8) is 0 Å². The number of aromatic nitrogens is 5. The van der Waals surface area contributed by atoms with Gasteiger partial charge in [0.2, 0.25) is 4.96 Å². The molecule has 3 aromatic heterocycles. The predicted molar refractivity (Wildman–Crippen MR) is 90.4 cm³/mol. The van der Waals surface area contributed by atoms with Crippen LogP contribution in [0.5, 0.6) is 5.75 Å². The summed E-state index contributed by atoms with van der Waals surface area (Å²) in [5, 5.41) is 13.7. The third kappa shape index (κ3) is 2.95. The second-order valence-electron chi connectivity index (χ2n) is 4.70. The lowest BCUT2D eigenvalue weighted by molar-refractivity contribution is 0.293. The molecule has 0 saturated carbocycles. The van der Waals surface area contributed by atoms with Gasteiger partial charge >= 0.3 is 0 Å². The number of pyridine rings is 1. The van der Waals surface area contributed by atoms with E-state index >= 15 is 0 Å². The fourth-order valence-corrected chi connectivity index (χ4v) is 3.17. The number of hydrogen-bond acceptors (Lipinski definition) is 6. The van der Waals surface area contributed by atoms with E-state index in [0.717, 1.165) is 25.8 Å². The maximum Gasteiger partial charge on any atom is 0.235 e. The monoisotopic (exact) mass is 387 g/mol. The molecule has 0 unspecified atom stereocenters. The molecule has 0 saturated heterocycles. The van der Waals surface area contributed by atoms with Crippen LogP contribution >= 0.6 is 27.3 Å². The number of hydrogen-bond donors (Lipinski definition) is 0. The molecule has 0 fully saturated rings. The highest BCUT2D eigenvalue weighted by atomic mass is 79.9. The molecule has 114 valence electrons. The van der Waals surface area contributed by atoms with Crippen LogP contribution in [0.15, 0.2) is 53.3 Å². The third-order valence-corrected chi connectivity index (χ3v) is 4.64. The third-order valence-electron chi connectivity index (χ3n) is 3.16. The van der Waals surface area contributed by atoms with Crippen molar-refractivity contribution in [3.8, 4) is 16.3 Å². The molecule has 4 rings (SSSR count). The van der Waals surface area contributed by atoms with E-state index in [1.165, 1.54) is 11.3 Å². The summed E-state index contributed by atoms with van der Waals surface area (Å²) < 4.78 is 8.47. The van der Waals surface area contributed by atoms with E-state index in [2.05, 4.69) is 36.2 Å². The van der Waals surface area contributed by atoms with Crippen molar-refractivity contribution in [2.45, 2.75) is 6.61 Å². The second-order valence-corrected chi connectivity index (χ2v) is 6.57. The number of fused-ring (bicyclic) bond motifs is 1. The van der Waals surface area contributed by atoms with Crippen molar-refractivity contribution < 1.29 is 4.74 Å². The molecule has 6 nitrogen and oxygen atoms in total. The van der Waals surface area contributed by atoms with Crippen molar-refractivity contribution in [2.75, 3.05) is 0 Å². The first-order valence-electron chi connectivity index (χ1n) is 6.79. The van der Waals surface area contributed by atoms with E-state index in [1.807, 2.05) is 36.4 Å². The Bertz CT molecular complexity index is 936. The van der Waals surface area contributed by atoms with Crippen molar-refractivity contribution in [1.29, 1.82) is 0 Å². The number of rotatable bonds is 4. The van der Waals surface area contributed by atoms with Gasteiger partial charge in [-0.1, -0.05) is 27.3 Å². The Morgan fingerprint density at radius 2 is 1.83 bits per heavy atom. The average Bonchev–Trinajstić information content (AvgIpc) is 3.16. The molecule has 23 heavy (non-hydrogen) atoms. The van der Waals surface area contributed by atoms with Gasteiger partial charge in [0.1, 0.15) is 17.4 Å². The summed E-state index contributed by atoms with van der Waals surface area (Å²) in [4.78, 5) is 4.76. The summed E-state index contributed by atoms with van der Waals surface area (Å²) in [6.07, 6.45) is 3.49. The van der Waals surface area contributed by atoms with Gasteiger partial charge in [-0.15, -0.1) is 10.2 Å². The van der Waals surface area contributed by atoms with E-state index < -0.39 is 0 Å². The Morgan fingerprint density at radius 1 is 1.04 bits per heavy atom. The smallest absolute Gasteiger partial charge is 0.235 e. The Morgan fingerprint density at radius 3 is 2.61 bits per heavy atom. The van der Waals surface area contributed by atoms with Crippen molar-refractivity contribution in [3.05, 3.63) is 59.1 Å². The zero-order valence-corrected chi connectivity index (χ0v) is 14.2. The fourth-order valence-electron chi connectivity index (χ4n) is 2.04. The SMILES string of the molecule is Brc1ccc(OCc2nnc3sc(-c4ccncc4)nn23)cc1. The van der Waals surface area contributed by atoms with Crippen LogP contribution < -0.4 is 4.74 Å². The first kappa shape index (κ1) is 14.3. The molecular formula is C15H10BrN5OS. The molecule has 0 aliphatic rings. The molecule has 4 aromatic rings. The maximum atomic E-state index is 5.74. The zero-order chi connectivity index (χ0) is 15.6. The number of nitrogens with zero attached hydrogens (tertiary/aromatic N) is 5. The van der Waals surface area contributed by atoms with Crippen LogP contribution in [0.3, 0.4) is 0 Å². The van der Waals surface area contributed by atoms with Crippen LogP contribution in [0, 0.1) is 0 Å². The lowest BCUT2D eigenvalue weighted by Crippen LogP contribution is -2.02. The average molecular weight is 388 g/mol. The summed E-state index contributed by atoms with van der Waals surface area (Å²) in [5.74, 6) is 1.44. The molecule has 0 atom stereocenters. The number of ether oxygens (including phenoxy) is 1. The van der Waals surface area contributed by atoms with Crippen LogP contribution in [-0.4, -0.2) is 24.8 Å². The van der Waals surface area contributed by atoms with E-state index in [9.17, 15) is 0 Å². The summed E-state index contributed by atoms with van der Waals surface area (Å²) in [6.45, 7) is 0.308. The predicted octanol–water partition coefficient (Wildman–Crippen LogP) is 3.59. The summed E-state index contributed by atoms with van der Waals surface area (Å²) in [5.41, 5.74) is 1.01. The topological polar surface area (TPSA) is 65.2 Å². The normalized spacial score (nSPS) is 11.0. The molecule has 0 aliphatic heterocycles. The van der Waals surface area contributed by atoms with Crippen molar-refractivity contribution in [2.24, 2.45) is 0 Å². The van der Waals surface area contributed by atoms with Gasteiger partial charge in [-0.25, -0.2) is 0 Å². The van der Waals surface area contributed by atoms with Crippen molar-refractivity contribution >= 4 is 32.2 Å². The standard InChI is InChI=1S/C15H10BrN5OS/c16-11-1-3-12(4-2-11)22-9-13-18-19-15-21(13)20-14(23-15)10-5-7-17-8-6-10/h1-8H,9H2. The van der Waals surface area contributed by atoms with Gasteiger partial charge in [-0.3, -0.25) is 4.98 Å². The highest BCUT2D eigenvalue weighted by Gasteiger charge is 2.13. The van der Waals surface area contributed by atoms with Crippen LogP contribution in [0.4, 0.5) is 0 Å². The number of benzene rings is 1. The van der Waals surface area contributed by atoms with E-state index in [-0.39, 0.29) is 0 Å². The van der Waals surface area contributed by atoms with Gasteiger partial charge in [-0.05, 0) is 36.4 Å². The largest absolute Gasteiger partial charge is 0.486 e. The molecule has 0 spiro atoms. The molecule has 0 aliphatic carbocycles. The van der Waals surface area contributed by atoms with Gasteiger partial charge in [-0.2, -0.15) is 9.61 Å². The van der Waals surface area contributed by atoms with Crippen LogP contribution in [-0.2, 0) is 6.61 Å². The first-order valence-corrected chi connectivity index (χ1v) is 8.40. The van der Waals surface area contributed by atoms with E-state index in [1.54, 1.807) is 16.9 Å². The van der Waals surface area contributed by atoms with Crippen molar-refractivity contribution in [1.82, 2.24) is 24.8 Å². The highest BCUT2D eigenvalue weighted by molar-refractivity contribution is 9.10. The van der Waals surface area contributed by atoms with Gasteiger partial charge in [0.05, 0.1) is 0 Å². The quantitative estimate of drug-likeness (QED) is 0.535. The van der Waals surface area contributed by atoms with Gasteiger partial charge in [0.15, 0.2) is 5.82 Å². The minimum atomic E-state index is 0.308. The van der Waals surface area contributed by atoms with E-state index in [0.29, 0.717) is 12.4 Å². The molecule has 0 radical (unpaired) electrons. The Balaban J connectivity index is 1.58. The molecule has 0 N–H and O–H groups in total. The fraction of sp³-hybridized carbons (Fsp3) is 0.0667. The molecule has 0 bridgehead atoms. The molecule has 3 heterocycles. The first-order chi connectivity index (χ1) is 11.3.